The number of Topliss-reactive ketones (excluding diaryl/α,β-unsaturated/α-hetero) is 1. The van der Waals surface area contributed by atoms with Crippen LogP contribution in [0.2, 0.25) is 0 Å². The molecule has 1 unspecified atom stereocenters. The predicted octanol–water partition coefficient (Wildman–Crippen LogP) is 3.11. The normalized spacial score (nSPS) is 16.9. The number of fused-ring (bicyclic) bond motifs is 1. The zero-order chi connectivity index (χ0) is 22.9. The molecule has 1 aliphatic rings. The van der Waals surface area contributed by atoms with Crippen molar-refractivity contribution in [3.8, 4) is 11.5 Å². The van der Waals surface area contributed by atoms with Crippen LogP contribution >= 0.6 is 0 Å². The second-order valence-corrected chi connectivity index (χ2v) is 9.71. The maximum absolute atomic E-state index is 12.7. The average molecular weight is 452 g/mol. The van der Waals surface area contributed by atoms with Crippen LogP contribution in [0, 0.1) is 5.92 Å². The van der Waals surface area contributed by atoms with Crippen LogP contribution in [0.25, 0.3) is 0 Å². The summed E-state index contributed by atoms with van der Waals surface area (Å²) in [6.07, 6.45) is 1.32. The molecular weight excluding hydrogens is 430 g/mol. The Morgan fingerprint density at radius 1 is 0.906 bits per heavy atom. The smallest absolute Gasteiger partial charge is 0.236 e. The van der Waals surface area contributed by atoms with Crippen molar-refractivity contribution in [1.29, 1.82) is 0 Å². The summed E-state index contributed by atoms with van der Waals surface area (Å²) in [6.45, 7) is 0. The van der Waals surface area contributed by atoms with E-state index in [-0.39, 0.29) is 22.0 Å². The molecule has 3 aromatic carbocycles. The molecule has 0 aliphatic carbocycles. The molecule has 0 saturated heterocycles. The third kappa shape index (κ3) is 4.36. The molecular formula is C24H21NO6S. The number of rotatable bonds is 5. The van der Waals surface area contributed by atoms with Gasteiger partial charge in [0.15, 0.2) is 27.1 Å². The number of phenols is 2. The molecule has 0 spiro atoms. The molecule has 4 rings (SSSR count). The quantitative estimate of drug-likeness (QED) is 0.405. The molecule has 32 heavy (non-hydrogen) atoms. The molecule has 1 heterocycles. The number of benzene rings is 3. The van der Waals surface area contributed by atoms with Gasteiger partial charge in [0.1, 0.15) is 5.92 Å². The fraction of sp³-hybridized carbons (Fsp3) is 0.167. The first-order valence-corrected chi connectivity index (χ1v) is 11.7. The van der Waals surface area contributed by atoms with Gasteiger partial charge in [0.2, 0.25) is 5.91 Å². The predicted molar refractivity (Wildman–Crippen MR) is 119 cm³/mol. The van der Waals surface area contributed by atoms with Crippen LogP contribution in [-0.4, -0.2) is 36.1 Å². The van der Waals surface area contributed by atoms with E-state index in [1.165, 1.54) is 24.3 Å². The highest BCUT2D eigenvalue weighted by Crippen LogP contribution is 2.29. The number of aryl methyl sites for hydroxylation is 2. The number of phenolic OH excluding ortho intramolecular Hbond substituents is 2. The van der Waals surface area contributed by atoms with Gasteiger partial charge in [0.25, 0.3) is 0 Å². The van der Waals surface area contributed by atoms with Gasteiger partial charge in [-0.15, -0.1) is 0 Å². The van der Waals surface area contributed by atoms with Crippen molar-refractivity contribution in [2.45, 2.75) is 17.7 Å². The Morgan fingerprint density at radius 3 is 2.28 bits per heavy atom. The van der Waals surface area contributed by atoms with Gasteiger partial charge in [0.05, 0.1) is 10.6 Å². The molecule has 3 aromatic rings. The first kappa shape index (κ1) is 21.6. The number of hydrogen-bond acceptors (Lipinski definition) is 6. The van der Waals surface area contributed by atoms with E-state index in [0.717, 1.165) is 11.1 Å². The van der Waals surface area contributed by atoms with E-state index < -0.39 is 33.2 Å². The van der Waals surface area contributed by atoms with Gasteiger partial charge in [-0.1, -0.05) is 36.4 Å². The van der Waals surface area contributed by atoms with E-state index in [2.05, 4.69) is 5.32 Å². The van der Waals surface area contributed by atoms with Gasteiger partial charge in [-0.2, -0.15) is 0 Å². The van der Waals surface area contributed by atoms with Crippen LogP contribution in [0.5, 0.6) is 11.5 Å². The number of amides is 1. The van der Waals surface area contributed by atoms with Crippen LogP contribution in [0.15, 0.2) is 71.6 Å². The number of aromatic hydroxyl groups is 2. The van der Waals surface area contributed by atoms with Gasteiger partial charge >= 0.3 is 0 Å². The lowest BCUT2D eigenvalue weighted by Crippen LogP contribution is -2.39. The maximum Gasteiger partial charge on any atom is 0.236 e. The highest BCUT2D eigenvalue weighted by Gasteiger charge is 2.40. The van der Waals surface area contributed by atoms with Gasteiger partial charge in [-0.25, -0.2) is 8.42 Å². The number of anilines is 1. The summed E-state index contributed by atoms with van der Waals surface area (Å²) < 4.78 is 25.0. The second kappa shape index (κ2) is 8.47. The van der Waals surface area contributed by atoms with E-state index in [9.17, 15) is 28.2 Å². The fourth-order valence-corrected chi connectivity index (χ4v) is 5.42. The van der Waals surface area contributed by atoms with Crippen molar-refractivity contribution < 1.29 is 28.2 Å². The van der Waals surface area contributed by atoms with E-state index >= 15 is 0 Å². The minimum Gasteiger partial charge on any atom is -0.504 e. The number of sulfone groups is 1. The highest BCUT2D eigenvalue weighted by molar-refractivity contribution is 7.91. The highest BCUT2D eigenvalue weighted by atomic mass is 32.2. The van der Waals surface area contributed by atoms with Gasteiger partial charge < -0.3 is 15.5 Å². The molecule has 0 radical (unpaired) electrons. The van der Waals surface area contributed by atoms with Crippen molar-refractivity contribution >= 4 is 27.2 Å². The van der Waals surface area contributed by atoms with E-state index in [0.29, 0.717) is 18.5 Å². The third-order valence-corrected chi connectivity index (χ3v) is 7.27. The molecule has 7 nitrogen and oxygen atoms in total. The van der Waals surface area contributed by atoms with Crippen LogP contribution in [0.1, 0.15) is 21.5 Å². The summed E-state index contributed by atoms with van der Waals surface area (Å²) in [4.78, 5) is 25.4. The van der Waals surface area contributed by atoms with Crippen LogP contribution in [0.4, 0.5) is 5.69 Å². The Morgan fingerprint density at radius 2 is 1.56 bits per heavy atom. The average Bonchev–Trinajstić information content (AvgIpc) is 2.78. The van der Waals surface area contributed by atoms with Crippen molar-refractivity contribution in [1.82, 2.24) is 0 Å². The topological polar surface area (TPSA) is 121 Å². The minimum absolute atomic E-state index is 0.0275. The minimum atomic E-state index is -3.72. The third-order valence-electron chi connectivity index (χ3n) is 5.47. The Hall–Kier alpha value is -3.65. The summed E-state index contributed by atoms with van der Waals surface area (Å²) in [5.74, 6) is -3.32. The number of nitrogens with one attached hydrogen (secondary N) is 1. The summed E-state index contributed by atoms with van der Waals surface area (Å²) in [6, 6.07) is 17.7. The molecule has 8 heteroatoms. The molecule has 1 aliphatic heterocycles. The van der Waals surface area contributed by atoms with Crippen molar-refractivity contribution in [3.05, 3.63) is 83.4 Å². The molecule has 0 fully saturated rings. The lowest BCUT2D eigenvalue weighted by molar-refractivity contribution is -0.118. The SMILES string of the molecule is O=C(Nc1ccc(CCc2ccc(O)c(O)c2)cc1)C1CS(=O)(=O)c2ccccc2C1=O. The molecule has 164 valence electrons. The Balaban J connectivity index is 1.42. The molecule has 1 amide bonds. The van der Waals surface area contributed by atoms with E-state index in [4.69, 9.17) is 0 Å². The van der Waals surface area contributed by atoms with E-state index in [1.807, 2.05) is 12.1 Å². The number of carbonyl (C=O) groups excluding carboxylic acids is 2. The Labute approximate surface area is 185 Å². The zero-order valence-electron chi connectivity index (χ0n) is 17.0. The van der Waals surface area contributed by atoms with E-state index in [1.54, 1.807) is 30.3 Å². The summed E-state index contributed by atoms with van der Waals surface area (Å²) >= 11 is 0. The lowest BCUT2D eigenvalue weighted by atomic mass is 9.97. The fourth-order valence-electron chi connectivity index (χ4n) is 3.71. The van der Waals surface area contributed by atoms with Gasteiger partial charge in [-0.05, 0) is 54.3 Å². The summed E-state index contributed by atoms with van der Waals surface area (Å²) in [5.41, 5.74) is 2.37. The first-order valence-electron chi connectivity index (χ1n) is 10.0. The van der Waals surface area contributed by atoms with Crippen molar-refractivity contribution in [2.75, 3.05) is 11.1 Å². The second-order valence-electron chi connectivity index (χ2n) is 7.70. The van der Waals surface area contributed by atoms with Crippen LogP contribution in [-0.2, 0) is 27.5 Å². The zero-order valence-corrected chi connectivity index (χ0v) is 17.8. The first-order chi connectivity index (χ1) is 15.2. The molecule has 0 saturated carbocycles. The standard InChI is InChI=1S/C24H21NO6S/c26-20-12-9-16(13-21(20)27)6-5-15-7-10-17(11-8-15)25-24(29)19-14-32(30,31)22-4-2-1-3-18(22)23(19)28/h1-4,7-13,19,26-27H,5-6,14H2,(H,25,29). The molecule has 0 aromatic heterocycles. The van der Waals surface area contributed by atoms with Crippen molar-refractivity contribution in [2.24, 2.45) is 5.92 Å². The Kier molecular flexibility index (Phi) is 5.71. The van der Waals surface area contributed by atoms with Crippen LogP contribution < -0.4 is 5.32 Å². The van der Waals surface area contributed by atoms with Gasteiger partial charge in [-0.3, -0.25) is 9.59 Å². The summed E-state index contributed by atoms with van der Waals surface area (Å²) in [5, 5.41) is 21.6. The van der Waals surface area contributed by atoms with Gasteiger partial charge in [0, 0.05) is 11.3 Å². The molecule has 1 atom stereocenters. The number of ketones is 1. The van der Waals surface area contributed by atoms with Crippen molar-refractivity contribution in [3.63, 3.8) is 0 Å². The molecule has 3 N–H and O–H groups in total. The maximum atomic E-state index is 12.7. The molecule has 0 bridgehead atoms. The van der Waals surface area contributed by atoms with Crippen LogP contribution in [0.3, 0.4) is 0 Å². The number of carbonyl (C=O) groups is 2. The number of hydrogen-bond donors (Lipinski definition) is 3. The summed E-state index contributed by atoms with van der Waals surface area (Å²) in [7, 11) is -3.72. The largest absolute Gasteiger partial charge is 0.504 e. The monoisotopic (exact) mass is 451 g/mol. The lowest BCUT2D eigenvalue weighted by Gasteiger charge is -2.22. The Bertz CT molecular complexity index is 1300.